The van der Waals surface area contributed by atoms with E-state index < -0.39 is 23.8 Å². The van der Waals surface area contributed by atoms with Crippen LogP contribution < -0.4 is 10.6 Å². The minimum absolute atomic E-state index is 0.196. The van der Waals surface area contributed by atoms with Gasteiger partial charge in [0.2, 0.25) is 5.91 Å². The van der Waals surface area contributed by atoms with Crippen molar-refractivity contribution in [1.82, 2.24) is 10.2 Å². The van der Waals surface area contributed by atoms with Crippen molar-refractivity contribution < 1.29 is 19.1 Å². The van der Waals surface area contributed by atoms with Crippen LogP contribution in [-0.2, 0) is 14.3 Å². The summed E-state index contributed by atoms with van der Waals surface area (Å²) in [5, 5.41) is 6.20. The van der Waals surface area contributed by atoms with Crippen molar-refractivity contribution in [3.8, 4) is 0 Å². The van der Waals surface area contributed by atoms with Gasteiger partial charge in [-0.3, -0.25) is 9.59 Å². The third kappa shape index (κ3) is 8.99. The number of benzene rings is 2. The fourth-order valence-electron chi connectivity index (χ4n) is 4.53. The number of nitrogens with zero attached hydrogens (tertiary/aromatic N) is 1. The molecule has 214 valence electrons. The first kappa shape index (κ1) is 32.2. The van der Waals surface area contributed by atoms with Gasteiger partial charge in [-0.15, -0.1) is 0 Å². The van der Waals surface area contributed by atoms with Gasteiger partial charge >= 0.3 is 6.09 Å². The highest BCUT2D eigenvalue weighted by Gasteiger charge is 2.38. The van der Waals surface area contributed by atoms with Crippen LogP contribution in [-0.4, -0.2) is 41.0 Å². The SMILES string of the molecule is CCCN(C(=O)C(NC(=O)OC(C)(C)C)C(C)CC)C(C(=O)Nc1c(C)cccc1Cl)c1cc(C)cc(C)c1. The molecule has 8 heteroatoms. The molecule has 7 nitrogen and oxygen atoms in total. The number of aryl methyl sites for hydroxylation is 3. The van der Waals surface area contributed by atoms with Crippen LogP contribution in [0.5, 0.6) is 0 Å². The number of hydrogen-bond donors (Lipinski definition) is 2. The fraction of sp³-hybridized carbons (Fsp3) is 0.516. The molecule has 0 saturated heterocycles. The Morgan fingerprint density at radius 2 is 1.64 bits per heavy atom. The van der Waals surface area contributed by atoms with Crippen molar-refractivity contribution >= 4 is 35.2 Å². The Kier molecular flexibility index (Phi) is 11.4. The normalized spacial score (nSPS) is 13.7. The van der Waals surface area contributed by atoms with Crippen molar-refractivity contribution in [2.75, 3.05) is 11.9 Å². The lowest BCUT2D eigenvalue weighted by atomic mass is 9.94. The number of amides is 3. The van der Waals surface area contributed by atoms with E-state index in [0.29, 0.717) is 35.7 Å². The van der Waals surface area contributed by atoms with Gasteiger partial charge in [-0.1, -0.05) is 80.3 Å². The molecule has 2 N–H and O–H groups in total. The molecule has 0 fully saturated rings. The third-order valence-electron chi connectivity index (χ3n) is 6.49. The second kappa shape index (κ2) is 13.8. The fourth-order valence-corrected chi connectivity index (χ4v) is 4.80. The predicted molar refractivity (Wildman–Crippen MR) is 158 cm³/mol. The maximum absolute atomic E-state index is 14.3. The molecule has 0 heterocycles. The summed E-state index contributed by atoms with van der Waals surface area (Å²) in [6.07, 6.45) is 0.591. The Hall–Kier alpha value is -3.06. The van der Waals surface area contributed by atoms with E-state index in [1.165, 1.54) is 0 Å². The lowest BCUT2D eigenvalue weighted by Gasteiger charge is -2.36. The molecule has 0 saturated carbocycles. The van der Waals surface area contributed by atoms with Crippen LogP contribution >= 0.6 is 11.6 Å². The molecule has 0 aliphatic carbocycles. The summed E-state index contributed by atoms with van der Waals surface area (Å²) in [4.78, 5) is 42.6. The summed E-state index contributed by atoms with van der Waals surface area (Å²) in [7, 11) is 0. The maximum Gasteiger partial charge on any atom is 0.408 e. The van der Waals surface area contributed by atoms with Crippen LogP contribution in [0.4, 0.5) is 10.5 Å². The standard InChI is InChI=1S/C31H44ClN3O4/c1-10-15-35(29(37)26(21(5)11-2)34-30(38)39-31(7,8)9)27(23-17-19(3)16-20(4)18-23)28(36)33-25-22(6)13-12-14-24(25)32/h12-14,16-18,21,26-27H,10-11,15H2,1-9H3,(H,33,36)(H,34,38). The van der Waals surface area contributed by atoms with E-state index in [0.717, 1.165) is 16.7 Å². The van der Waals surface area contributed by atoms with E-state index in [9.17, 15) is 14.4 Å². The zero-order valence-corrected chi connectivity index (χ0v) is 25.5. The third-order valence-corrected chi connectivity index (χ3v) is 6.80. The van der Waals surface area contributed by atoms with Gasteiger partial charge in [0, 0.05) is 6.54 Å². The van der Waals surface area contributed by atoms with Crippen LogP contribution in [0, 0.1) is 26.7 Å². The number of anilines is 1. The molecule has 0 aromatic heterocycles. The molecular weight excluding hydrogens is 514 g/mol. The van der Waals surface area contributed by atoms with Gasteiger partial charge < -0.3 is 20.3 Å². The van der Waals surface area contributed by atoms with Crippen LogP contribution in [0.2, 0.25) is 5.02 Å². The highest BCUT2D eigenvalue weighted by Crippen LogP contribution is 2.31. The van der Waals surface area contributed by atoms with Crippen LogP contribution in [0.1, 0.15) is 82.7 Å². The molecule has 0 spiro atoms. The van der Waals surface area contributed by atoms with Crippen molar-refractivity contribution in [3.63, 3.8) is 0 Å². The van der Waals surface area contributed by atoms with Gasteiger partial charge in [-0.05, 0) is 71.1 Å². The zero-order chi connectivity index (χ0) is 29.5. The van der Waals surface area contributed by atoms with E-state index in [2.05, 4.69) is 10.6 Å². The molecular formula is C31H44ClN3O4. The number of ether oxygens (including phenoxy) is 1. The monoisotopic (exact) mass is 557 g/mol. The average molecular weight is 558 g/mol. The van der Waals surface area contributed by atoms with Crippen molar-refractivity contribution in [1.29, 1.82) is 0 Å². The minimum atomic E-state index is -0.946. The Morgan fingerprint density at radius 1 is 1.03 bits per heavy atom. The molecule has 0 aliphatic rings. The highest BCUT2D eigenvalue weighted by atomic mass is 35.5. The number of nitrogens with one attached hydrogen (secondary N) is 2. The van der Waals surface area contributed by atoms with Crippen LogP contribution in [0.3, 0.4) is 0 Å². The molecule has 39 heavy (non-hydrogen) atoms. The average Bonchev–Trinajstić information content (AvgIpc) is 2.82. The van der Waals surface area contributed by atoms with Crippen LogP contribution in [0.25, 0.3) is 0 Å². The molecule has 3 unspecified atom stereocenters. The highest BCUT2D eigenvalue weighted by molar-refractivity contribution is 6.34. The smallest absolute Gasteiger partial charge is 0.408 e. The molecule has 0 aliphatic heterocycles. The van der Waals surface area contributed by atoms with E-state index in [-0.39, 0.29) is 17.7 Å². The first-order valence-electron chi connectivity index (χ1n) is 13.6. The minimum Gasteiger partial charge on any atom is -0.444 e. The summed E-state index contributed by atoms with van der Waals surface area (Å²) in [6.45, 7) is 17.2. The lowest BCUT2D eigenvalue weighted by Crippen LogP contribution is -2.55. The summed E-state index contributed by atoms with van der Waals surface area (Å²) in [6, 6.07) is 9.45. The zero-order valence-electron chi connectivity index (χ0n) is 24.8. The molecule has 0 radical (unpaired) electrons. The summed E-state index contributed by atoms with van der Waals surface area (Å²) in [5.41, 5.74) is 3.25. The van der Waals surface area contributed by atoms with Crippen molar-refractivity contribution in [2.24, 2.45) is 5.92 Å². The second-order valence-electron chi connectivity index (χ2n) is 11.3. The number of para-hydroxylation sites is 1. The van der Waals surface area contributed by atoms with Crippen molar-refractivity contribution in [2.45, 2.75) is 92.8 Å². The second-order valence-corrected chi connectivity index (χ2v) is 11.7. The van der Waals surface area contributed by atoms with Gasteiger partial charge in [0.05, 0.1) is 10.7 Å². The Balaban J connectivity index is 2.61. The van der Waals surface area contributed by atoms with Gasteiger partial charge in [-0.2, -0.15) is 0 Å². The maximum atomic E-state index is 14.3. The van der Waals surface area contributed by atoms with Crippen molar-refractivity contribution in [3.05, 3.63) is 63.7 Å². The summed E-state index contributed by atoms with van der Waals surface area (Å²) >= 11 is 6.44. The number of rotatable bonds is 10. The number of hydrogen-bond acceptors (Lipinski definition) is 4. The number of halogens is 1. The lowest BCUT2D eigenvalue weighted by molar-refractivity contribution is -0.141. The molecule has 2 rings (SSSR count). The van der Waals surface area contributed by atoms with E-state index in [1.807, 2.05) is 71.9 Å². The molecule has 2 aromatic carbocycles. The van der Waals surface area contributed by atoms with Gasteiger partial charge in [-0.25, -0.2) is 4.79 Å². The van der Waals surface area contributed by atoms with Gasteiger partial charge in [0.25, 0.3) is 5.91 Å². The van der Waals surface area contributed by atoms with Gasteiger partial charge in [0.1, 0.15) is 17.7 Å². The topological polar surface area (TPSA) is 87.7 Å². The first-order chi connectivity index (χ1) is 18.2. The predicted octanol–water partition coefficient (Wildman–Crippen LogP) is 7.12. The quantitative estimate of drug-likeness (QED) is 0.325. The molecule has 3 atom stereocenters. The number of carbonyl (C=O) groups is 3. The molecule has 0 bridgehead atoms. The molecule has 3 amide bonds. The largest absolute Gasteiger partial charge is 0.444 e. The van der Waals surface area contributed by atoms with E-state index in [1.54, 1.807) is 31.7 Å². The van der Waals surface area contributed by atoms with E-state index in [4.69, 9.17) is 16.3 Å². The number of carbonyl (C=O) groups excluding carboxylic acids is 3. The summed E-state index contributed by atoms with van der Waals surface area (Å²) < 4.78 is 5.47. The first-order valence-corrected chi connectivity index (χ1v) is 14.0. The van der Waals surface area contributed by atoms with Crippen LogP contribution in [0.15, 0.2) is 36.4 Å². The molecule has 2 aromatic rings. The Morgan fingerprint density at radius 3 is 2.15 bits per heavy atom. The van der Waals surface area contributed by atoms with Gasteiger partial charge in [0.15, 0.2) is 0 Å². The van der Waals surface area contributed by atoms with E-state index >= 15 is 0 Å². The summed E-state index contributed by atoms with van der Waals surface area (Å²) in [5.74, 6) is -0.913. The Bertz CT molecular complexity index is 1130. The Labute approximate surface area is 238 Å². The number of alkyl carbamates (subject to hydrolysis) is 1.